The summed E-state index contributed by atoms with van der Waals surface area (Å²) >= 11 is 0. The second kappa shape index (κ2) is 7.13. The van der Waals surface area contributed by atoms with E-state index in [2.05, 4.69) is 16.0 Å². The van der Waals surface area contributed by atoms with E-state index in [1.165, 1.54) is 0 Å². The molecule has 3 N–H and O–H groups in total. The van der Waals surface area contributed by atoms with E-state index in [4.69, 9.17) is 0 Å². The van der Waals surface area contributed by atoms with Crippen LogP contribution in [0.4, 0.5) is 16.2 Å². The molecule has 0 spiro atoms. The molecule has 0 atom stereocenters. The second-order valence-corrected chi connectivity index (χ2v) is 6.10. The highest BCUT2D eigenvalue weighted by atomic mass is 16.2. The van der Waals surface area contributed by atoms with Crippen molar-refractivity contribution in [2.24, 2.45) is 5.92 Å². The van der Waals surface area contributed by atoms with Gasteiger partial charge in [-0.05, 0) is 26.0 Å². The summed E-state index contributed by atoms with van der Waals surface area (Å²) in [6.07, 6.45) is 0. The molecule has 23 heavy (non-hydrogen) atoms. The fourth-order valence-electron chi connectivity index (χ4n) is 2.23. The number of carbonyl (C=O) groups is 2. The highest BCUT2D eigenvalue weighted by molar-refractivity contribution is 6.08. The highest BCUT2D eigenvalue weighted by Crippen LogP contribution is 2.29. The molecule has 0 heterocycles. The summed E-state index contributed by atoms with van der Waals surface area (Å²) in [6, 6.07) is 11.1. The number of anilines is 2. The van der Waals surface area contributed by atoms with Crippen molar-refractivity contribution < 1.29 is 9.59 Å². The van der Waals surface area contributed by atoms with E-state index in [-0.39, 0.29) is 23.9 Å². The average molecular weight is 313 g/mol. The van der Waals surface area contributed by atoms with Gasteiger partial charge in [-0.15, -0.1) is 0 Å². The largest absolute Gasteiger partial charge is 0.336 e. The summed E-state index contributed by atoms with van der Waals surface area (Å²) < 4.78 is 0. The van der Waals surface area contributed by atoms with Gasteiger partial charge in [0.1, 0.15) is 0 Å². The van der Waals surface area contributed by atoms with Crippen molar-refractivity contribution in [3.8, 4) is 0 Å². The molecule has 0 radical (unpaired) electrons. The lowest BCUT2D eigenvalue weighted by atomic mass is 10.1. The summed E-state index contributed by atoms with van der Waals surface area (Å²) in [5, 5.41) is 10.4. The third-order valence-electron chi connectivity index (χ3n) is 3.37. The normalized spacial score (nSPS) is 10.9. The number of hydrogen-bond donors (Lipinski definition) is 3. The highest BCUT2D eigenvalue weighted by Gasteiger charge is 2.11. The van der Waals surface area contributed by atoms with Crippen molar-refractivity contribution in [2.75, 3.05) is 10.6 Å². The van der Waals surface area contributed by atoms with Gasteiger partial charge in [0.2, 0.25) is 5.91 Å². The van der Waals surface area contributed by atoms with Crippen LogP contribution in [0.15, 0.2) is 36.4 Å². The van der Waals surface area contributed by atoms with Crippen molar-refractivity contribution in [3.05, 3.63) is 36.4 Å². The molecule has 0 aromatic heterocycles. The molecule has 2 rings (SSSR count). The topological polar surface area (TPSA) is 70.2 Å². The van der Waals surface area contributed by atoms with Crippen molar-refractivity contribution in [1.82, 2.24) is 5.32 Å². The fourth-order valence-corrected chi connectivity index (χ4v) is 2.23. The summed E-state index contributed by atoms with van der Waals surface area (Å²) in [7, 11) is 0. The van der Waals surface area contributed by atoms with Crippen LogP contribution in [0.25, 0.3) is 10.8 Å². The molecular weight excluding hydrogens is 290 g/mol. The van der Waals surface area contributed by atoms with Crippen molar-refractivity contribution >= 4 is 34.1 Å². The minimum absolute atomic E-state index is 0.0339. The van der Waals surface area contributed by atoms with Gasteiger partial charge >= 0.3 is 6.03 Å². The van der Waals surface area contributed by atoms with Gasteiger partial charge < -0.3 is 16.0 Å². The molecule has 0 aliphatic heterocycles. The standard InChI is InChI=1S/C18H23N3O2/c1-11(2)17(22)20-15-9-5-8-14-13(15)7-6-10-16(14)21-18(23)19-12(3)4/h5-12H,1-4H3,(H,20,22)(H2,19,21,23). The summed E-state index contributed by atoms with van der Waals surface area (Å²) in [4.78, 5) is 23.9. The minimum atomic E-state index is -0.246. The van der Waals surface area contributed by atoms with E-state index in [0.717, 1.165) is 16.5 Å². The first kappa shape index (κ1) is 16.8. The van der Waals surface area contributed by atoms with Crippen LogP contribution in [-0.2, 0) is 4.79 Å². The van der Waals surface area contributed by atoms with Crippen molar-refractivity contribution in [3.63, 3.8) is 0 Å². The first-order chi connectivity index (χ1) is 10.9. The molecule has 0 fully saturated rings. The maximum Gasteiger partial charge on any atom is 0.319 e. The Balaban J connectivity index is 2.34. The van der Waals surface area contributed by atoms with Gasteiger partial charge in [-0.25, -0.2) is 4.79 Å². The summed E-state index contributed by atoms with van der Waals surface area (Å²) in [5.74, 6) is -0.128. The van der Waals surface area contributed by atoms with E-state index in [1.807, 2.05) is 64.1 Å². The molecule has 0 unspecified atom stereocenters. The van der Waals surface area contributed by atoms with E-state index >= 15 is 0 Å². The van der Waals surface area contributed by atoms with Crippen LogP contribution < -0.4 is 16.0 Å². The lowest BCUT2D eigenvalue weighted by Crippen LogP contribution is -2.34. The Morgan fingerprint density at radius 3 is 1.83 bits per heavy atom. The number of carbonyl (C=O) groups excluding carboxylic acids is 2. The van der Waals surface area contributed by atoms with Crippen LogP contribution in [-0.4, -0.2) is 18.0 Å². The predicted octanol–water partition coefficient (Wildman–Crippen LogP) is 3.96. The van der Waals surface area contributed by atoms with Crippen molar-refractivity contribution in [2.45, 2.75) is 33.7 Å². The number of amides is 3. The molecule has 122 valence electrons. The van der Waals surface area contributed by atoms with Gasteiger partial charge in [-0.2, -0.15) is 0 Å². The van der Waals surface area contributed by atoms with Crippen LogP contribution in [0.1, 0.15) is 27.7 Å². The number of urea groups is 1. The first-order valence-corrected chi connectivity index (χ1v) is 7.78. The Bertz CT molecular complexity index is 723. The van der Waals surface area contributed by atoms with E-state index < -0.39 is 0 Å². The van der Waals surface area contributed by atoms with E-state index in [0.29, 0.717) is 5.69 Å². The maximum absolute atomic E-state index is 11.9. The maximum atomic E-state index is 11.9. The Hall–Kier alpha value is -2.56. The van der Waals surface area contributed by atoms with Gasteiger partial charge in [-0.3, -0.25) is 4.79 Å². The van der Waals surface area contributed by atoms with Crippen LogP contribution in [0.3, 0.4) is 0 Å². The first-order valence-electron chi connectivity index (χ1n) is 7.78. The molecule has 0 bridgehead atoms. The Morgan fingerprint density at radius 1 is 0.826 bits per heavy atom. The molecule has 0 saturated carbocycles. The van der Waals surface area contributed by atoms with Crippen LogP contribution in [0.2, 0.25) is 0 Å². The quantitative estimate of drug-likeness (QED) is 0.799. The number of fused-ring (bicyclic) bond motifs is 1. The smallest absolute Gasteiger partial charge is 0.319 e. The van der Waals surface area contributed by atoms with E-state index in [1.54, 1.807) is 0 Å². The van der Waals surface area contributed by atoms with E-state index in [9.17, 15) is 9.59 Å². The van der Waals surface area contributed by atoms with Gasteiger partial charge in [0.15, 0.2) is 0 Å². The zero-order valence-corrected chi connectivity index (χ0v) is 13.9. The van der Waals surface area contributed by atoms with Gasteiger partial charge in [0.25, 0.3) is 0 Å². The molecule has 0 saturated heterocycles. The second-order valence-electron chi connectivity index (χ2n) is 6.10. The molecule has 5 heteroatoms. The number of rotatable bonds is 4. The van der Waals surface area contributed by atoms with Gasteiger partial charge in [0.05, 0.1) is 5.69 Å². The number of benzene rings is 2. The van der Waals surface area contributed by atoms with Crippen LogP contribution >= 0.6 is 0 Å². The third-order valence-corrected chi connectivity index (χ3v) is 3.37. The lowest BCUT2D eigenvalue weighted by Gasteiger charge is -2.14. The lowest BCUT2D eigenvalue weighted by molar-refractivity contribution is -0.118. The molecular formula is C18H23N3O2. The summed E-state index contributed by atoms with van der Waals surface area (Å²) in [6.45, 7) is 7.51. The summed E-state index contributed by atoms with van der Waals surface area (Å²) in [5.41, 5.74) is 1.45. The van der Waals surface area contributed by atoms with Gasteiger partial charge in [0, 0.05) is 28.4 Å². The number of hydrogen-bond acceptors (Lipinski definition) is 2. The zero-order chi connectivity index (χ0) is 17.0. The molecule has 2 aromatic carbocycles. The molecule has 0 aliphatic carbocycles. The Morgan fingerprint density at radius 2 is 1.35 bits per heavy atom. The molecule has 3 amide bonds. The third kappa shape index (κ3) is 4.22. The fraction of sp³-hybridized carbons (Fsp3) is 0.333. The monoisotopic (exact) mass is 313 g/mol. The average Bonchev–Trinajstić information content (AvgIpc) is 2.47. The van der Waals surface area contributed by atoms with Crippen molar-refractivity contribution in [1.29, 1.82) is 0 Å². The Kier molecular flexibility index (Phi) is 5.21. The molecule has 0 aliphatic rings. The Labute approximate surface area is 136 Å². The zero-order valence-electron chi connectivity index (χ0n) is 13.9. The van der Waals surface area contributed by atoms with Crippen LogP contribution in [0, 0.1) is 5.92 Å². The van der Waals surface area contributed by atoms with Crippen LogP contribution in [0.5, 0.6) is 0 Å². The minimum Gasteiger partial charge on any atom is -0.336 e. The van der Waals surface area contributed by atoms with Gasteiger partial charge in [-0.1, -0.05) is 38.1 Å². The molecule has 2 aromatic rings. The number of nitrogens with one attached hydrogen (secondary N) is 3. The molecule has 5 nitrogen and oxygen atoms in total. The predicted molar refractivity (Wildman–Crippen MR) is 94.7 cm³/mol. The SMILES string of the molecule is CC(C)NC(=O)Nc1cccc2c(NC(=O)C(C)C)cccc12.